The van der Waals surface area contributed by atoms with Crippen molar-refractivity contribution in [2.45, 2.75) is 39.3 Å². The molecule has 1 unspecified atom stereocenters. The largest absolute Gasteiger partial charge is 0.481 e. The van der Waals surface area contributed by atoms with E-state index in [-0.39, 0.29) is 12.5 Å². The maximum atomic E-state index is 12.2. The standard InChI is InChI=1S/C13H22N2O5/c1-8(12(18)19)10-11(17)15(6-5-14-10)7-9(16)20-13(2,3)4/h8,10,14H,5-7H2,1-4H3,(H,18,19)/t8?,10-/m0/s1. The van der Waals surface area contributed by atoms with Gasteiger partial charge in [-0.3, -0.25) is 14.4 Å². The molecule has 20 heavy (non-hydrogen) atoms. The molecule has 2 N–H and O–H groups in total. The minimum absolute atomic E-state index is 0.152. The molecule has 0 bridgehead atoms. The van der Waals surface area contributed by atoms with Gasteiger partial charge in [0.25, 0.3) is 0 Å². The SMILES string of the molecule is CC(C(=O)O)[C@@H]1NCCN(CC(=O)OC(C)(C)C)C1=O. The van der Waals surface area contributed by atoms with Gasteiger partial charge in [0, 0.05) is 13.1 Å². The Bertz CT molecular complexity index is 402. The van der Waals surface area contributed by atoms with Crippen molar-refractivity contribution in [3.63, 3.8) is 0 Å². The normalized spacial score (nSPS) is 21.5. The second kappa shape index (κ2) is 6.21. The highest BCUT2D eigenvalue weighted by Crippen LogP contribution is 2.13. The van der Waals surface area contributed by atoms with E-state index >= 15 is 0 Å². The predicted molar refractivity (Wildman–Crippen MR) is 71.0 cm³/mol. The molecular weight excluding hydrogens is 264 g/mol. The van der Waals surface area contributed by atoms with Crippen molar-refractivity contribution >= 4 is 17.8 Å². The van der Waals surface area contributed by atoms with Crippen LogP contribution in [0, 0.1) is 5.92 Å². The topological polar surface area (TPSA) is 95.9 Å². The summed E-state index contributed by atoms with van der Waals surface area (Å²) >= 11 is 0. The van der Waals surface area contributed by atoms with Crippen LogP contribution in [0.2, 0.25) is 0 Å². The number of esters is 1. The van der Waals surface area contributed by atoms with E-state index in [4.69, 9.17) is 9.84 Å². The molecule has 0 aromatic heterocycles. The van der Waals surface area contributed by atoms with Crippen LogP contribution in [0.4, 0.5) is 0 Å². The van der Waals surface area contributed by atoms with E-state index in [2.05, 4.69) is 5.32 Å². The van der Waals surface area contributed by atoms with Gasteiger partial charge < -0.3 is 20.1 Å². The molecule has 1 saturated heterocycles. The highest BCUT2D eigenvalue weighted by atomic mass is 16.6. The van der Waals surface area contributed by atoms with Crippen molar-refractivity contribution in [2.24, 2.45) is 5.92 Å². The summed E-state index contributed by atoms with van der Waals surface area (Å²) in [4.78, 5) is 36.2. The van der Waals surface area contributed by atoms with Gasteiger partial charge in [-0.1, -0.05) is 0 Å². The lowest BCUT2D eigenvalue weighted by Gasteiger charge is -2.34. The number of nitrogens with zero attached hydrogens (tertiary/aromatic N) is 1. The predicted octanol–water partition coefficient (Wildman–Crippen LogP) is -0.151. The van der Waals surface area contributed by atoms with E-state index in [1.54, 1.807) is 20.8 Å². The Morgan fingerprint density at radius 1 is 1.50 bits per heavy atom. The third-order valence-corrected chi connectivity index (χ3v) is 2.95. The number of amides is 1. The Labute approximate surface area is 118 Å². The van der Waals surface area contributed by atoms with Crippen molar-refractivity contribution in [1.29, 1.82) is 0 Å². The average Bonchev–Trinajstić information content (AvgIpc) is 2.28. The number of carboxylic acid groups (broad SMARTS) is 1. The minimum Gasteiger partial charge on any atom is -0.481 e. The van der Waals surface area contributed by atoms with Gasteiger partial charge in [0.2, 0.25) is 5.91 Å². The first-order chi connectivity index (χ1) is 9.11. The highest BCUT2D eigenvalue weighted by Gasteiger charge is 2.36. The molecule has 0 saturated carbocycles. The molecule has 1 heterocycles. The number of carbonyl (C=O) groups is 3. The molecule has 0 aromatic rings. The molecule has 114 valence electrons. The maximum Gasteiger partial charge on any atom is 0.326 e. The number of hydrogen-bond acceptors (Lipinski definition) is 5. The summed E-state index contributed by atoms with van der Waals surface area (Å²) in [5.41, 5.74) is -0.609. The Hall–Kier alpha value is -1.63. The van der Waals surface area contributed by atoms with Gasteiger partial charge >= 0.3 is 11.9 Å². The molecule has 0 spiro atoms. The Kier molecular flexibility index (Phi) is 5.10. The van der Waals surface area contributed by atoms with Crippen LogP contribution in [0.15, 0.2) is 0 Å². The van der Waals surface area contributed by atoms with Crippen molar-refractivity contribution in [2.75, 3.05) is 19.6 Å². The number of nitrogens with one attached hydrogen (secondary N) is 1. The highest BCUT2D eigenvalue weighted by molar-refractivity contribution is 5.90. The smallest absolute Gasteiger partial charge is 0.326 e. The molecule has 0 aromatic carbocycles. The summed E-state index contributed by atoms with van der Waals surface area (Å²) < 4.78 is 5.16. The van der Waals surface area contributed by atoms with Gasteiger partial charge in [0.05, 0.1) is 5.92 Å². The van der Waals surface area contributed by atoms with Crippen LogP contribution >= 0.6 is 0 Å². The summed E-state index contributed by atoms with van der Waals surface area (Å²) in [6.45, 7) is 7.38. The van der Waals surface area contributed by atoms with Crippen LogP contribution in [-0.4, -0.2) is 59.1 Å². The zero-order chi connectivity index (χ0) is 15.5. The minimum atomic E-state index is -1.05. The van der Waals surface area contributed by atoms with Crippen molar-refractivity contribution in [3.8, 4) is 0 Å². The Morgan fingerprint density at radius 3 is 2.60 bits per heavy atom. The maximum absolute atomic E-state index is 12.2. The van der Waals surface area contributed by atoms with E-state index in [0.717, 1.165) is 0 Å². The van der Waals surface area contributed by atoms with E-state index < -0.39 is 29.5 Å². The van der Waals surface area contributed by atoms with Crippen LogP contribution in [0.3, 0.4) is 0 Å². The molecule has 0 radical (unpaired) electrons. The fourth-order valence-corrected chi connectivity index (χ4v) is 1.97. The molecule has 7 heteroatoms. The zero-order valence-corrected chi connectivity index (χ0v) is 12.3. The van der Waals surface area contributed by atoms with Crippen LogP contribution in [-0.2, 0) is 19.1 Å². The number of carboxylic acids is 1. The number of ether oxygens (including phenoxy) is 1. The Balaban J connectivity index is 2.65. The number of rotatable bonds is 4. The average molecular weight is 286 g/mol. The number of piperazine rings is 1. The number of aliphatic carboxylic acids is 1. The lowest BCUT2D eigenvalue weighted by atomic mass is 9.99. The van der Waals surface area contributed by atoms with E-state index in [0.29, 0.717) is 13.1 Å². The van der Waals surface area contributed by atoms with Gasteiger partial charge in [-0.2, -0.15) is 0 Å². The van der Waals surface area contributed by atoms with E-state index in [9.17, 15) is 14.4 Å². The summed E-state index contributed by atoms with van der Waals surface area (Å²) in [7, 11) is 0. The second-order valence-electron chi connectivity index (χ2n) is 5.90. The molecule has 2 atom stereocenters. The monoisotopic (exact) mass is 286 g/mol. The van der Waals surface area contributed by atoms with Crippen LogP contribution in [0.5, 0.6) is 0 Å². The van der Waals surface area contributed by atoms with Crippen molar-refractivity contribution < 1.29 is 24.2 Å². The summed E-state index contributed by atoms with van der Waals surface area (Å²) in [6, 6.07) is -0.802. The first-order valence-corrected chi connectivity index (χ1v) is 6.58. The van der Waals surface area contributed by atoms with Gasteiger partial charge in [-0.15, -0.1) is 0 Å². The number of hydrogen-bond donors (Lipinski definition) is 2. The molecule has 1 aliphatic heterocycles. The molecular formula is C13H22N2O5. The summed E-state index contributed by atoms with van der Waals surface area (Å²) in [5, 5.41) is 11.8. The van der Waals surface area contributed by atoms with Crippen LogP contribution < -0.4 is 5.32 Å². The molecule has 1 rings (SSSR count). The van der Waals surface area contributed by atoms with E-state index in [1.165, 1.54) is 11.8 Å². The van der Waals surface area contributed by atoms with Crippen molar-refractivity contribution in [3.05, 3.63) is 0 Å². The molecule has 1 aliphatic rings. The van der Waals surface area contributed by atoms with Crippen LogP contribution in [0.25, 0.3) is 0 Å². The summed E-state index contributed by atoms with van der Waals surface area (Å²) in [5.74, 6) is -2.76. The zero-order valence-electron chi connectivity index (χ0n) is 12.3. The van der Waals surface area contributed by atoms with Gasteiger partial charge in [0.15, 0.2) is 0 Å². The lowest BCUT2D eigenvalue weighted by molar-refractivity contribution is -0.160. The molecule has 7 nitrogen and oxygen atoms in total. The molecule has 1 fully saturated rings. The second-order valence-corrected chi connectivity index (χ2v) is 5.90. The van der Waals surface area contributed by atoms with Crippen molar-refractivity contribution in [1.82, 2.24) is 10.2 Å². The summed E-state index contributed by atoms with van der Waals surface area (Å²) in [6.07, 6.45) is 0. The van der Waals surface area contributed by atoms with Crippen LogP contribution in [0.1, 0.15) is 27.7 Å². The quantitative estimate of drug-likeness (QED) is 0.698. The third kappa shape index (κ3) is 4.48. The Morgan fingerprint density at radius 2 is 2.10 bits per heavy atom. The first kappa shape index (κ1) is 16.4. The lowest BCUT2D eigenvalue weighted by Crippen LogP contribution is -2.59. The molecule has 1 amide bonds. The van der Waals surface area contributed by atoms with Gasteiger partial charge in [0.1, 0.15) is 18.2 Å². The van der Waals surface area contributed by atoms with E-state index in [1.807, 2.05) is 0 Å². The molecule has 0 aliphatic carbocycles. The van der Waals surface area contributed by atoms with Gasteiger partial charge in [-0.25, -0.2) is 0 Å². The number of carbonyl (C=O) groups excluding carboxylic acids is 2. The fourth-order valence-electron chi connectivity index (χ4n) is 1.97. The van der Waals surface area contributed by atoms with Gasteiger partial charge in [-0.05, 0) is 27.7 Å². The fraction of sp³-hybridized carbons (Fsp3) is 0.769. The first-order valence-electron chi connectivity index (χ1n) is 6.58. The third-order valence-electron chi connectivity index (χ3n) is 2.95.